The first kappa shape index (κ1) is 19.7. The Morgan fingerprint density at radius 1 is 1.04 bits per heavy atom. The molecule has 0 radical (unpaired) electrons. The molecule has 0 fully saturated rings. The lowest BCUT2D eigenvalue weighted by Gasteiger charge is -2.10. The van der Waals surface area contributed by atoms with E-state index in [1.807, 2.05) is 32.9 Å². The van der Waals surface area contributed by atoms with Crippen molar-refractivity contribution >= 4 is 21.5 Å². The van der Waals surface area contributed by atoms with Crippen molar-refractivity contribution in [3.63, 3.8) is 0 Å². The number of hydrogen-bond donors (Lipinski definition) is 1. The SMILES string of the molecule is COC(=O)/C(=C\Nc1ccc(C)cc1)S(=O)(=O)c1ccc(C(C)C)cc1. The van der Waals surface area contributed by atoms with Crippen molar-refractivity contribution in [2.24, 2.45) is 0 Å². The van der Waals surface area contributed by atoms with Gasteiger partial charge >= 0.3 is 5.97 Å². The zero-order valence-electron chi connectivity index (χ0n) is 15.3. The summed E-state index contributed by atoms with van der Waals surface area (Å²) in [7, 11) is -2.86. The molecular weight excluding hydrogens is 350 g/mol. The minimum Gasteiger partial charge on any atom is -0.465 e. The van der Waals surface area contributed by atoms with E-state index in [0.717, 1.165) is 18.2 Å². The fourth-order valence-corrected chi connectivity index (χ4v) is 3.57. The zero-order valence-corrected chi connectivity index (χ0v) is 16.1. The summed E-state index contributed by atoms with van der Waals surface area (Å²) in [5.74, 6) is -0.636. The molecule has 138 valence electrons. The second-order valence-corrected chi connectivity index (χ2v) is 8.16. The number of sulfone groups is 1. The molecule has 2 aromatic rings. The normalized spacial score (nSPS) is 12.1. The van der Waals surface area contributed by atoms with E-state index in [1.54, 1.807) is 24.3 Å². The molecule has 0 aromatic heterocycles. The molecule has 1 N–H and O–H groups in total. The third kappa shape index (κ3) is 4.52. The summed E-state index contributed by atoms with van der Waals surface area (Å²) in [5, 5.41) is 2.85. The molecule has 6 heteroatoms. The Labute approximate surface area is 154 Å². The molecule has 0 unspecified atom stereocenters. The van der Waals surface area contributed by atoms with Crippen LogP contribution < -0.4 is 5.32 Å². The van der Waals surface area contributed by atoms with Crippen molar-refractivity contribution in [1.82, 2.24) is 0 Å². The quantitative estimate of drug-likeness (QED) is 0.612. The highest BCUT2D eigenvalue weighted by molar-refractivity contribution is 7.96. The topological polar surface area (TPSA) is 72.5 Å². The van der Waals surface area contributed by atoms with Crippen LogP contribution in [0.25, 0.3) is 0 Å². The Hall–Kier alpha value is -2.60. The Kier molecular flexibility index (Phi) is 6.21. The molecule has 0 bridgehead atoms. The van der Waals surface area contributed by atoms with Gasteiger partial charge in [0.1, 0.15) is 0 Å². The number of benzene rings is 2. The summed E-state index contributed by atoms with van der Waals surface area (Å²) >= 11 is 0. The van der Waals surface area contributed by atoms with E-state index >= 15 is 0 Å². The van der Waals surface area contributed by atoms with Crippen molar-refractivity contribution < 1.29 is 17.9 Å². The largest absolute Gasteiger partial charge is 0.465 e. The van der Waals surface area contributed by atoms with E-state index in [0.29, 0.717) is 5.69 Å². The Bertz CT molecular complexity index is 896. The van der Waals surface area contributed by atoms with Crippen LogP contribution in [-0.4, -0.2) is 21.5 Å². The number of aryl methyl sites for hydroxylation is 1. The van der Waals surface area contributed by atoms with Gasteiger partial charge in [0.2, 0.25) is 9.84 Å². The van der Waals surface area contributed by atoms with Gasteiger partial charge in [-0.3, -0.25) is 0 Å². The summed E-state index contributed by atoms with van der Waals surface area (Å²) < 4.78 is 30.4. The fourth-order valence-electron chi connectivity index (χ4n) is 2.30. The van der Waals surface area contributed by atoms with Gasteiger partial charge in [0.25, 0.3) is 0 Å². The predicted molar refractivity (Wildman–Crippen MR) is 103 cm³/mol. The van der Waals surface area contributed by atoms with Gasteiger partial charge in [-0.05, 0) is 42.7 Å². The molecule has 26 heavy (non-hydrogen) atoms. The molecule has 0 amide bonds. The first-order valence-corrected chi connectivity index (χ1v) is 9.70. The van der Waals surface area contributed by atoms with Crippen LogP contribution in [0.2, 0.25) is 0 Å². The van der Waals surface area contributed by atoms with Gasteiger partial charge in [0.15, 0.2) is 4.91 Å². The summed E-state index contributed by atoms with van der Waals surface area (Å²) in [5.41, 5.74) is 2.76. The van der Waals surface area contributed by atoms with Crippen molar-refractivity contribution in [1.29, 1.82) is 0 Å². The molecule has 0 heterocycles. The first-order chi connectivity index (χ1) is 12.3. The van der Waals surface area contributed by atoms with Crippen LogP contribution in [0.1, 0.15) is 30.9 Å². The van der Waals surface area contributed by atoms with E-state index in [-0.39, 0.29) is 10.8 Å². The maximum absolute atomic E-state index is 12.9. The second kappa shape index (κ2) is 8.19. The lowest BCUT2D eigenvalue weighted by molar-refractivity contribution is -0.135. The standard InChI is InChI=1S/C20H23NO4S/c1-14(2)16-7-11-18(12-8-16)26(23,24)19(20(22)25-4)13-21-17-9-5-15(3)6-10-17/h5-14,21H,1-4H3/b19-13+. The summed E-state index contributed by atoms with van der Waals surface area (Å²) in [6, 6.07) is 13.9. The third-order valence-corrected chi connectivity index (χ3v) is 5.71. The van der Waals surface area contributed by atoms with Gasteiger partial charge in [0.05, 0.1) is 12.0 Å². The van der Waals surface area contributed by atoms with Gasteiger partial charge in [-0.1, -0.05) is 43.7 Å². The van der Waals surface area contributed by atoms with Gasteiger partial charge < -0.3 is 10.1 Å². The molecule has 0 saturated carbocycles. The zero-order chi connectivity index (χ0) is 19.3. The molecule has 0 aliphatic carbocycles. The first-order valence-electron chi connectivity index (χ1n) is 8.22. The van der Waals surface area contributed by atoms with Crippen LogP contribution in [0.4, 0.5) is 5.69 Å². The lowest BCUT2D eigenvalue weighted by Crippen LogP contribution is -2.17. The number of hydrogen-bond acceptors (Lipinski definition) is 5. The van der Waals surface area contributed by atoms with Crippen molar-refractivity contribution in [3.05, 3.63) is 70.8 Å². The van der Waals surface area contributed by atoms with E-state index in [1.165, 1.54) is 18.3 Å². The smallest absolute Gasteiger partial charge is 0.351 e. The summed E-state index contributed by atoms with van der Waals surface area (Å²) in [6.07, 6.45) is 1.17. The van der Waals surface area contributed by atoms with Crippen LogP contribution in [0.3, 0.4) is 0 Å². The molecule has 0 aliphatic heterocycles. The molecule has 0 aliphatic rings. The summed E-state index contributed by atoms with van der Waals surface area (Å²) in [4.78, 5) is 11.7. The highest BCUT2D eigenvalue weighted by Gasteiger charge is 2.28. The van der Waals surface area contributed by atoms with Crippen molar-refractivity contribution in [3.8, 4) is 0 Å². The molecular formula is C20H23NO4S. The lowest BCUT2D eigenvalue weighted by atomic mass is 10.0. The molecule has 0 atom stereocenters. The van der Waals surface area contributed by atoms with E-state index < -0.39 is 20.7 Å². The highest BCUT2D eigenvalue weighted by Crippen LogP contribution is 2.23. The minimum atomic E-state index is -4.01. The van der Waals surface area contributed by atoms with Crippen LogP contribution in [0.15, 0.2) is 64.5 Å². The minimum absolute atomic E-state index is 0.0456. The highest BCUT2D eigenvalue weighted by atomic mass is 32.2. The van der Waals surface area contributed by atoms with Gasteiger partial charge in [-0.25, -0.2) is 13.2 Å². The van der Waals surface area contributed by atoms with Crippen LogP contribution in [0, 0.1) is 6.92 Å². The van der Waals surface area contributed by atoms with Gasteiger partial charge in [-0.2, -0.15) is 0 Å². The second-order valence-electron chi connectivity index (χ2n) is 6.24. The Balaban J connectivity index is 2.39. The van der Waals surface area contributed by atoms with E-state index in [4.69, 9.17) is 0 Å². The number of ether oxygens (including phenoxy) is 1. The molecule has 2 rings (SSSR count). The Morgan fingerprint density at radius 3 is 2.12 bits per heavy atom. The van der Waals surface area contributed by atoms with Crippen molar-refractivity contribution in [2.45, 2.75) is 31.6 Å². The maximum Gasteiger partial charge on any atom is 0.351 e. The van der Waals surface area contributed by atoms with E-state index in [9.17, 15) is 13.2 Å². The van der Waals surface area contributed by atoms with E-state index in [2.05, 4.69) is 10.1 Å². The number of methoxy groups -OCH3 is 1. The molecule has 2 aromatic carbocycles. The van der Waals surface area contributed by atoms with Gasteiger partial charge in [-0.15, -0.1) is 0 Å². The van der Waals surface area contributed by atoms with Crippen molar-refractivity contribution in [2.75, 3.05) is 12.4 Å². The average Bonchev–Trinajstić information content (AvgIpc) is 2.63. The van der Waals surface area contributed by atoms with Gasteiger partial charge in [0, 0.05) is 11.9 Å². The summed E-state index contributed by atoms with van der Waals surface area (Å²) in [6.45, 7) is 5.99. The van der Waals surface area contributed by atoms with Crippen LogP contribution in [-0.2, 0) is 19.4 Å². The van der Waals surface area contributed by atoms with Crippen LogP contribution in [0.5, 0.6) is 0 Å². The molecule has 0 saturated heterocycles. The molecule has 0 spiro atoms. The number of carbonyl (C=O) groups is 1. The monoisotopic (exact) mass is 373 g/mol. The third-order valence-electron chi connectivity index (χ3n) is 3.95. The Morgan fingerprint density at radius 2 is 1.62 bits per heavy atom. The average molecular weight is 373 g/mol. The fraction of sp³-hybridized carbons (Fsp3) is 0.250. The van der Waals surface area contributed by atoms with Crippen LogP contribution >= 0.6 is 0 Å². The number of esters is 1. The molecule has 5 nitrogen and oxygen atoms in total. The number of rotatable bonds is 6. The number of anilines is 1. The number of carbonyl (C=O) groups excluding carboxylic acids is 1. The predicted octanol–water partition coefficient (Wildman–Crippen LogP) is 4.02. The number of nitrogens with one attached hydrogen (secondary N) is 1. The maximum atomic E-state index is 12.9.